The van der Waals surface area contributed by atoms with Crippen LogP contribution >= 0.6 is 0 Å². The Balaban J connectivity index is 2.10. The van der Waals surface area contributed by atoms with Gasteiger partial charge in [0.1, 0.15) is 0 Å². The summed E-state index contributed by atoms with van der Waals surface area (Å²) in [7, 11) is 1.94. The first-order valence-electron chi connectivity index (χ1n) is 5.53. The molecule has 1 aromatic rings. The van der Waals surface area contributed by atoms with Crippen molar-refractivity contribution < 1.29 is 9.15 Å². The normalized spacial score (nSPS) is 27.0. The van der Waals surface area contributed by atoms with Crippen molar-refractivity contribution in [1.29, 1.82) is 0 Å². The number of rotatable bonds is 3. The van der Waals surface area contributed by atoms with Crippen LogP contribution in [0.15, 0.2) is 4.42 Å². The molecule has 1 aliphatic heterocycles. The van der Waals surface area contributed by atoms with E-state index in [2.05, 4.69) is 17.1 Å². The van der Waals surface area contributed by atoms with E-state index in [0.717, 1.165) is 13.0 Å². The van der Waals surface area contributed by atoms with Crippen LogP contribution in [0.1, 0.15) is 32.2 Å². The molecule has 3 unspecified atom stereocenters. The Labute approximate surface area is 94.8 Å². The lowest BCUT2D eigenvalue weighted by Gasteiger charge is -2.24. The molecule has 0 aromatic carbocycles. The maximum Gasteiger partial charge on any atom is 0.318 e. The third-order valence-electron chi connectivity index (χ3n) is 2.95. The molecular formula is C10H18N4O2. The fourth-order valence-corrected chi connectivity index (χ4v) is 1.92. The van der Waals surface area contributed by atoms with Gasteiger partial charge in [-0.25, -0.2) is 0 Å². The van der Waals surface area contributed by atoms with Gasteiger partial charge in [-0.2, -0.15) is 0 Å². The van der Waals surface area contributed by atoms with E-state index in [0.29, 0.717) is 17.9 Å². The standard InChI is InChI=1S/C10H18N4O2/c1-6(11)9-12-13-10(16-9)14(3)8-4-5-15-7(8)2/h6-8H,4-5,11H2,1-3H3. The molecule has 6 nitrogen and oxygen atoms in total. The van der Waals surface area contributed by atoms with Crippen LogP contribution < -0.4 is 10.6 Å². The summed E-state index contributed by atoms with van der Waals surface area (Å²) in [6, 6.07) is 0.572. The molecule has 0 saturated carbocycles. The fraction of sp³-hybridized carbons (Fsp3) is 0.800. The average Bonchev–Trinajstić information content (AvgIpc) is 2.84. The number of ether oxygens (including phenoxy) is 1. The van der Waals surface area contributed by atoms with Gasteiger partial charge in [0.2, 0.25) is 5.89 Å². The van der Waals surface area contributed by atoms with Gasteiger partial charge in [-0.15, -0.1) is 5.10 Å². The molecule has 6 heteroatoms. The maximum atomic E-state index is 5.67. The summed E-state index contributed by atoms with van der Waals surface area (Å²) in [6.07, 6.45) is 1.17. The predicted octanol–water partition coefficient (Wildman–Crippen LogP) is 0.703. The van der Waals surface area contributed by atoms with E-state index in [-0.39, 0.29) is 12.1 Å². The molecule has 0 amide bonds. The van der Waals surface area contributed by atoms with E-state index in [1.807, 2.05) is 18.9 Å². The van der Waals surface area contributed by atoms with Crippen LogP contribution in [0.25, 0.3) is 0 Å². The second kappa shape index (κ2) is 4.39. The largest absolute Gasteiger partial charge is 0.406 e. The Kier molecular flexibility index (Phi) is 3.11. The smallest absolute Gasteiger partial charge is 0.318 e. The SMILES string of the molecule is CC(N)c1nnc(N(C)C2CCOC2C)o1. The van der Waals surface area contributed by atoms with Gasteiger partial charge in [0.25, 0.3) is 0 Å². The van der Waals surface area contributed by atoms with Gasteiger partial charge in [0.15, 0.2) is 0 Å². The summed E-state index contributed by atoms with van der Waals surface area (Å²) in [5.74, 6) is 0.466. The molecule has 90 valence electrons. The van der Waals surface area contributed by atoms with Crippen molar-refractivity contribution in [3.63, 3.8) is 0 Å². The molecule has 1 saturated heterocycles. The van der Waals surface area contributed by atoms with Gasteiger partial charge >= 0.3 is 6.01 Å². The van der Waals surface area contributed by atoms with Crippen molar-refractivity contribution in [3.8, 4) is 0 Å². The van der Waals surface area contributed by atoms with Crippen molar-refractivity contribution in [2.75, 3.05) is 18.6 Å². The minimum Gasteiger partial charge on any atom is -0.406 e. The summed E-state index contributed by atoms with van der Waals surface area (Å²) in [5, 5.41) is 7.90. The van der Waals surface area contributed by atoms with Crippen molar-refractivity contribution in [1.82, 2.24) is 10.2 Å². The Bertz CT molecular complexity index is 352. The van der Waals surface area contributed by atoms with Crippen LogP contribution in [0.2, 0.25) is 0 Å². The number of aromatic nitrogens is 2. The lowest BCUT2D eigenvalue weighted by Crippen LogP contribution is -2.36. The summed E-state index contributed by atoms with van der Waals surface area (Å²) in [4.78, 5) is 1.97. The van der Waals surface area contributed by atoms with Gasteiger partial charge in [-0.3, -0.25) is 0 Å². The number of anilines is 1. The zero-order valence-electron chi connectivity index (χ0n) is 9.88. The van der Waals surface area contributed by atoms with Crippen LogP contribution in [0.3, 0.4) is 0 Å². The topological polar surface area (TPSA) is 77.4 Å². The molecule has 0 aliphatic carbocycles. The molecule has 2 rings (SSSR count). The zero-order chi connectivity index (χ0) is 11.7. The number of likely N-dealkylation sites (N-methyl/N-ethyl adjacent to an activating group) is 1. The monoisotopic (exact) mass is 226 g/mol. The Hall–Kier alpha value is -1.14. The Morgan fingerprint density at radius 3 is 2.75 bits per heavy atom. The maximum absolute atomic E-state index is 5.67. The first kappa shape index (κ1) is 11.3. The van der Waals surface area contributed by atoms with E-state index in [1.54, 1.807) is 0 Å². The molecular weight excluding hydrogens is 208 g/mol. The fourth-order valence-electron chi connectivity index (χ4n) is 1.92. The second-order valence-corrected chi connectivity index (χ2v) is 4.25. The van der Waals surface area contributed by atoms with Gasteiger partial charge < -0.3 is 19.8 Å². The zero-order valence-corrected chi connectivity index (χ0v) is 9.88. The number of nitrogens with zero attached hydrogens (tertiary/aromatic N) is 3. The first-order chi connectivity index (χ1) is 7.59. The summed E-state index contributed by atoms with van der Waals surface area (Å²) in [6.45, 7) is 4.65. The molecule has 16 heavy (non-hydrogen) atoms. The second-order valence-electron chi connectivity index (χ2n) is 4.25. The molecule has 0 radical (unpaired) electrons. The molecule has 0 spiro atoms. The number of nitrogens with two attached hydrogens (primary N) is 1. The van der Waals surface area contributed by atoms with Crippen LogP contribution in [0.5, 0.6) is 0 Å². The summed E-state index contributed by atoms with van der Waals surface area (Å²) >= 11 is 0. The molecule has 1 aromatic heterocycles. The van der Waals surface area contributed by atoms with E-state index in [4.69, 9.17) is 14.9 Å². The highest BCUT2D eigenvalue weighted by molar-refractivity contribution is 5.26. The van der Waals surface area contributed by atoms with Crippen molar-refractivity contribution in [3.05, 3.63) is 5.89 Å². The molecule has 3 atom stereocenters. The lowest BCUT2D eigenvalue weighted by molar-refractivity contribution is 0.117. The third kappa shape index (κ3) is 2.03. The Morgan fingerprint density at radius 2 is 2.25 bits per heavy atom. The van der Waals surface area contributed by atoms with E-state index in [1.165, 1.54) is 0 Å². The van der Waals surface area contributed by atoms with Crippen LogP contribution in [0, 0.1) is 0 Å². The van der Waals surface area contributed by atoms with Crippen molar-refractivity contribution in [2.24, 2.45) is 5.73 Å². The van der Waals surface area contributed by atoms with Crippen molar-refractivity contribution >= 4 is 6.01 Å². The number of hydrogen-bond acceptors (Lipinski definition) is 6. The van der Waals surface area contributed by atoms with E-state index in [9.17, 15) is 0 Å². The van der Waals surface area contributed by atoms with Crippen LogP contribution in [0.4, 0.5) is 6.01 Å². The molecule has 2 heterocycles. The summed E-state index contributed by atoms with van der Waals surface area (Å²) in [5.41, 5.74) is 5.67. The quantitative estimate of drug-likeness (QED) is 0.817. The first-order valence-corrected chi connectivity index (χ1v) is 5.53. The highest BCUT2D eigenvalue weighted by Gasteiger charge is 2.30. The van der Waals surface area contributed by atoms with Gasteiger partial charge in [-0.05, 0) is 20.3 Å². The van der Waals surface area contributed by atoms with Crippen LogP contribution in [-0.2, 0) is 4.74 Å². The highest BCUT2D eigenvalue weighted by Crippen LogP contribution is 2.24. The minimum atomic E-state index is -0.230. The van der Waals surface area contributed by atoms with E-state index < -0.39 is 0 Å². The minimum absolute atomic E-state index is 0.190. The average molecular weight is 226 g/mol. The van der Waals surface area contributed by atoms with Crippen molar-refractivity contribution in [2.45, 2.75) is 38.5 Å². The predicted molar refractivity (Wildman–Crippen MR) is 59.1 cm³/mol. The molecule has 2 N–H and O–H groups in total. The molecule has 0 bridgehead atoms. The number of hydrogen-bond donors (Lipinski definition) is 1. The van der Waals surface area contributed by atoms with Gasteiger partial charge in [-0.1, -0.05) is 5.10 Å². The van der Waals surface area contributed by atoms with E-state index >= 15 is 0 Å². The highest BCUT2D eigenvalue weighted by atomic mass is 16.5. The molecule has 1 fully saturated rings. The van der Waals surface area contributed by atoms with Crippen LogP contribution in [-0.4, -0.2) is 36.0 Å². The third-order valence-corrected chi connectivity index (χ3v) is 2.95. The lowest BCUT2D eigenvalue weighted by atomic mass is 10.1. The van der Waals surface area contributed by atoms with Gasteiger partial charge in [0.05, 0.1) is 18.2 Å². The van der Waals surface area contributed by atoms with Gasteiger partial charge in [0, 0.05) is 13.7 Å². The Morgan fingerprint density at radius 1 is 1.50 bits per heavy atom. The molecule has 1 aliphatic rings. The summed E-state index contributed by atoms with van der Waals surface area (Å²) < 4.78 is 11.0.